The van der Waals surface area contributed by atoms with E-state index >= 15 is 0 Å². The molecule has 1 rings (SSSR count). The molecule has 0 aromatic carbocycles. The Morgan fingerprint density at radius 1 is 1.04 bits per heavy atom. The van der Waals surface area contributed by atoms with Gasteiger partial charge in [0, 0.05) is 0 Å². The third-order valence-corrected chi connectivity index (χ3v) is 4.85. The second-order valence-corrected chi connectivity index (χ2v) is 6.44. The lowest BCUT2D eigenvalue weighted by Crippen LogP contribution is -2.39. The van der Waals surface area contributed by atoms with Crippen molar-refractivity contribution in [1.29, 1.82) is 0 Å². The van der Waals surface area contributed by atoms with Gasteiger partial charge in [0.25, 0.3) is 0 Å². The standard InChI is InChI=1S/C19H30O5/c1-5-7-9-14(10-8-6-2)15-11-12-19(17(15)21,18(22)24-4)13-16(20)23-3/h5-13H2,1-4H3. The van der Waals surface area contributed by atoms with Crippen LogP contribution in [0.1, 0.15) is 71.6 Å². The molecule has 1 atom stereocenters. The van der Waals surface area contributed by atoms with Crippen molar-refractivity contribution in [3.63, 3.8) is 0 Å². The van der Waals surface area contributed by atoms with Crippen molar-refractivity contribution >= 4 is 17.7 Å². The molecular formula is C19H30O5. The van der Waals surface area contributed by atoms with Crippen LogP contribution in [0.15, 0.2) is 11.1 Å². The molecule has 0 bridgehead atoms. The second kappa shape index (κ2) is 9.60. The Balaban J connectivity index is 3.19. The molecule has 0 aliphatic heterocycles. The fourth-order valence-electron chi connectivity index (χ4n) is 3.35. The van der Waals surface area contributed by atoms with E-state index in [-0.39, 0.29) is 12.2 Å². The van der Waals surface area contributed by atoms with Gasteiger partial charge < -0.3 is 9.47 Å². The van der Waals surface area contributed by atoms with Gasteiger partial charge in [-0.05, 0) is 44.1 Å². The molecule has 0 aromatic heterocycles. The summed E-state index contributed by atoms with van der Waals surface area (Å²) in [4.78, 5) is 37.2. The highest BCUT2D eigenvalue weighted by atomic mass is 16.5. The molecule has 1 fully saturated rings. The van der Waals surface area contributed by atoms with Gasteiger partial charge in [0.15, 0.2) is 5.78 Å². The SMILES string of the molecule is CCCCC(CCCC)=C1CCC(CC(=O)OC)(C(=O)OC)C1=O. The number of Topliss-reactive ketones (excluding diaryl/α,β-unsaturated/α-hetero) is 1. The van der Waals surface area contributed by atoms with Crippen LogP contribution < -0.4 is 0 Å². The van der Waals surface area contributed by atoms with Gasteiger partial charge in [-0.25, -0.2) is 0 Å². The van der Waals surface area contributed by atoms with Gasteiger partial charge in [-0.1, -0.05) is 32.3 Å². The normalized spacial score (nSPS) is 20.2. The van der Waals surface area contributed by atoms with Crippen LogP contribution in [0.2, 0.25) is 0 Å². The summed E-state index contributed by atoms with van der Waals surface area (Å²) in [7, 11) is 2.52. The summed E-state index contributed by atoms with van der Waals surface area (Å²) in [6, 6.07) is 0. The average molecular weight is 338 g/mol. The molecule has 0 radical (unpaired) electrons. The fraction of sp³-hybridized carbons (Fsp3) is 0.737. The number of esters is 2. The highest BCUT2D eigenvalue weighted by molar-refractivity contribution is 6.16. The van der Waals surface area contributed by atoms with E-state index in [1.807, 2.05) is 0 Å². The van der Waals surface area contributed by atoms with Crippen molar-refractivity contribution < 1.29 is 23.9 Å². The Hall–Kier alpha value is -1.65. The summed E-state index contributed by atoms with van der Waals surface area (Å²) >= 11 is 0. The Labute approximate surface area is 144 Å². The lowest BCUT2D eigenvalue weighted by molar-refractivity contribution is -0.162. The summed E-state index contributed by atoms with van der Waals surface area (Å²) in [6.45, 7) is 4.24. The van der Waals surface area contributed by atoms with E-state index in [1.54, 1.807) is 0 Å². The quantitative estimate of drug-likeness (QED) is 0.364. The van der Waals surface area contributed by atoms with E-state index in [2.05, 4.69) is 13.8 Å². The van der Waals surface area contributed by atoms with Crippen molar-refractivity contribution in [2.45, 2.75) is 71.6 Å². The molecule has 1 aliphatic carbocycles. The third-order valence-electron chi connectivity index (χ3n) is 4.85. The number of ether oxygens (including phenoxy) is 2. The molecule has 0 heterocycles. The number of carbonyl (C=O) groups is 3. The molecule has 5 heteroatoms. The van der Waals surface area contributed by atoms with E-state index in [0.29, 0.717) is 12.8 Å². The van der Waals surface area contributed by atoms with Gasteiger partial charge in [0.1, 0.15) is 5.41 Å². The number of allylic oxidation sites excluding steroid dienone is 2. The predicted molar refractivity (Wildman–Crippen MR) is 91.4 cm³/mol. The van der Waals surface area contributed by atoms with Crippen molar-refractivity contribution in [2.24, 2.45) is 5.41 Å². The number of unbranched alkanes of at least 4 members (excludes halogenated alkanes) is 2. The van der Waals surface area contributed by atoms with Crippen molar-refractivity contribution in [3.8, 4) is 0 Å². The first-order valence-electron chi connectivity index (χ1n) is 8.87. The highest BCUT2D eigenvalue weighted by Gasteiger charge is 2.54. The minimum atomic E-state index is -1.40. The number of methoxy groups -OCH3 is 2. The molecule has 0 spiro atoms. The largest absolute Gasteiger partial charge is 0.469 e. The molecule has 1 unspecified atom stereocenters. The van der Waals surface area contributed by atoms with E-state index in [1.165, 1.54) is 14.2 Å². The number of ketones is 1. The molecule has 0 aromatic rings. The van der Waals surface area contributed by atoms with Crippen LogP contribution in [0, 0.1) is 5.41 Å². The maximum atomic E-state index is 13.1. The van der Waals surface area contributed by atoms with Crippen LogP contribution in [-0.2, 0) is 23.9 Å². The van der Waals surface area contributed by atoms with E-state index < -0.39 is 17.4 Å². The minimum absolute atomic E-state index is 0.234. The highest BCUT2D eigenvalue weighted by Crippen LogP contribution is 2.44. The molecule has 0 saturated heterocycles. The second-order valence-electron chi connectivity index (χ2n) is 6.44. The number of carbonyl (C=O) groups excluding carboxylic acids is 3. The fourth-order valence-corrected chi connectivity index (χ4v) is 3.35. The van der Waals surface area contributed by atoms with Crippen LogP contribution >= 0.6 is 0 Å². The Kier molecular flexibility index (Phi) is 8.16. The van der Waals surface area contributed by atoms with Crippen LogP contribution in [0.3, 0.4) is 0 Å². The maximum absolute atomic E-state index is 13.1. The summed E-state index contributed by atoms with van der Waals surface area (Å²) in [5, 5.41) is 0. The molecule has 5 nitrogen and oxygen atoms in total. The topological polar surface area (TPSA) is 69.7 Å². The zero-order chi connectivity index (χ0) is 18.2. The Morgan fingerprint density at radius 3 is 2.08 bits per heavy atom. The summed E-state index contributed by atoms with van der Waals surface area (Å²) in [6.07, 6.45) is 6.55. The van der Waals surface area contributed by atoms with Gasteiger partial charge in [0.2, 0.25) is 0 Å². The third kappa shape index (κ3) is 4.46. The van der Waals surface area contributed by atoms with Gasteiger partial charge in [-0.2, -0.15) is 0 Å². The molecule has 24 heavy (non-hydrogen) atoms. The van der Waals surface area contributed by atoms with Crippen molar-refractivity contribution in [1.82, 2.24) is 0 Å². The van der Waals surface area contributed by atoms with Crippen LogP contribution in [-0.4, -0.2) is 31.9 Å². The predicted octanol–water partition coefficient (Wildman–Crippen LogP) is 3.75. The maximum Gasteiger partial charge on any atom is 0.320 e. The smallest absolute Gasteiger partial charge is 0.320 e. The molecule has 1 saturated carbocycles. The first kappa shape index (κ1) is 20.4. The van der Waals surface area contributed by atoms with Crippen LogP contribution in [0.4, 0.5) is 0 Å². The lowest BCUT2D eigenvalue weighted by atomic mass is 9.80. The van der Waals surface area contributed by atoms with Crippen LogP contribution in [0.5, 0.6) is 0 Å². The number of hydrogen-bond donors (Lipinski definition) is 0. The number of rotatable bonds is 9. The van der Waals surface area contributed by atoms with Gasteiger partial charge in [-0.15, -0.1) is 0 Å². The summed E-state index contributed by atoms with van der Waals surface area (Å²) in [5.74, 6) is -1.42. The monoisotopic (exact) mass is 338 g/mol. The molecule has 136 valence electrons. The minimum Gasteiger partial charge on any atom is -0.469 e. The molecule has 0 N–H and O–H groups in total. The molecular weight excluding hydrogens is 308 g/mol. The number of hydrogen-bond acceptors (Lipinski definition) is 5. The van der Waals surface area contributed by atoms with Crippen molar-refractivity contribution in [3.05, 3.63) is 11.1 Å². The average Bonchev–Trinajstić information content (AvgIpc) is 2.92. The van der Waals surface area contributed by atoms with Crippen LogP contribution in [0.25, 0.3) is 0 Å². The first-order chi connectivity index (χ1) is 11.5. The first-order valence-corrected chi connectivity index (χ1v) is 8.87. The van der Waals surface area contributed by atoms with Gasteiger partial charge in [-0.3, -0.25) is 14.4 Å². The van der Waals surface area contributed by atoms with E-state index in [0.717, 1.165) is 49.7 Å². The molecule has 0 amide bonds. The van der Waals surface area contributed by atoms with Crippen molar-refractivity contribution in [2.75, 3.05) is 14.2 Å². The van der Waals surface area contributed by atoms with E-state index in [4.69, 9.17) is 9.47 Å². The Bertz CT molecular complexity index is 496. The summed E-state index contributed by atoms with van der Waals surface area (Å²) in [5.41, 5.74) is 0.492. The zero-order valence-corrected chi connectivity index (χ0v) is 15.4. The lowest BCUT2D eigenvalue weighted by Gasteiger charge is -2.23. The summed E-state index contributed by atoms with van der Waals surface area (Å²) < 4.78 is 9.54. The Morgan fingerprint density at radius 2 is 1.62 bits per heavy atom. The molecule has 1 aliphatic rings. The zero-order valence-electron chi connectivity index (χ0n) is 15.4. The van der Waals surface area contributed by atoms with E-state index in [9.17, 15) is 14.4 Å². The van der Waals surface area contributed by atoms with Gasteiger partial charge in [0.05, 0.1) is 20.6 Å². The van der Waals surface area contributed by atoms with Gasteiger partial charge >= 0.3 is 11.9 Å².